The van der Waals surface area contributed by atoms with Gasteiger partial charge in [0.2, 0.25) is 5.88 Å². The van der Waals surface area contributed by atoms with Crippen LogP contribution in [0.2, 0.25) is 0 Å². The van der Waals surface area contributed by atoms with Crippen molar-refractivity contribution in [3.63, 3.8) is 0 Å². The summed E-state index contributed by atoms with van der Waals surface area (Å²) < 4.78 is 51.9. The summed E-state index contributed by atoms with van der Waals surface area (Å²) in [5.74, 6) is 1.12. The van der Waals surface area contributed by atoms with E-state index in [-0.39, 0.29) is 5.88 Å². The lowest BCUT2D eigenvalue weighted by molar-refractivity contribution is -0.154. The molecule has 10 heteroatoms. The molecule has 150 valence electrons. The van der Waals surface area contributed by atoms with Crippen LogP contribution in [0.5, 0.6) is 17.4 Å². The highest BCUT2D eigenvalue weighted by molar-refractivity contribution is 5.88. The van der Waals surface area contributed by atoms with Crippen molar-refractivity contribution < 1.29 is 32.2 Å². The molecule has 0 bridgehead atoms. The van der Waals surface area contributed by atoms with E-state index in [0.29, 0.717) is 36.9 Å². The Labute approximate surface area is 159 Å². The van der Waals surface area contributed by atoms with Gasteiger partial charge in [0.05, 0.1) is 11.9 Å². The molecule has 0 unspecified atom stereocenters. The van der Waals surface area contributed by atoms with Crippen molar-refractivity contribution in [1.82, 2.24) is 9.88 Å². The lowest BCUT2D eigenvalue weighted by Gasteiger charge is -2.21. The Hall–Kier alpha value is -3.17. The number of anilines is 1. The summed E-state index contributed by atoms with van der Waals surface area (Å²) in [6, 6.07) is 7.70. The third-order valence-corrected chi connectivity index (χ3v) is 3.74. The molecule has 1 aliphatic rings. The molecule has 1 aromatic carbocycles. The zero-order chi connectivity index (χ0) is 20.1. The number of urea groups is 1. The molecule has 1 aliphatic heterocycles. The average molecular weight is 397 g/mol. The van der Waals surface area contributed by atoms with E-state index in [4.69, 9.17) is 9.47 Å². The van der Waals surface area contributed by atoms with Crippen molar-refractivity contribution in [2.24, 2.45) is 0 Å². The molecule has 0 spiro atoms. The van der Waals surface area contributed by atoms with Gasteiger partial charge in [-0.25, -0.2) is 9.78 Å². The summed E-state index contributed by atoms with van der Waals surface area (Å²) in [7, 11) is 1.61. The zero-order valence-electron chi connectivity index (χ0n) is 15.0. The van der Waals surface area contributed by atoms with Crippen LogP contribution in [-0.4, -0.2) is 49.0 Å². The summed E-state index contributed by atoms with van der Waals surface area (Å²) in [6.07, 6.45) is -3.22. The Morgan fingerprint density at radius 1 is 1.21 bits per heavy atom. The number of alkyl halides is 3. The average Bonchev–Trinajstić information content (AvgIpc) is 2.66. The first-order chi connectivity index (χ1) is 13.3. The zero-order valence-corrected chi connectivity index (χ0v) is 15.0. The maximum absolute atomic E-state index is 12.3. The van der Waals surface area contributed by atoms with Crippen molar-refractivity contribution in [2.75, 3.05) is 32.2 Å². The third kappa shape index (κ3) is 5.41. The molecule has 2 amide bonds. The van der Waals surface area contributed by atoms with Crippen molar-refractivity contribution in [3.05, 3.63) is 42.1 Å². The number of fused-ring (bicyclic) bond motifs is 1. The molecule has 2 aromatic rings. The molecule has 0 saturated carbocycles. The number of hydrogen-bond donors (Lipinski definition) is 1. The fourth-order valence-electron chi connectivity index (χ4n) is 2.45. The van der Waals surface area contributed by atoms with Gasteiger partial charge in [-0.3, -0.25) is 0 Å². The number of ether oxygens (including phenoxy) is 3. The number of carbonyl (C=O) groups excluding carboxylic acids is 1. The number of aromatic nitrogens is 1. The van der Waals surface area contributed by atoms with E-state index in [1.807, 2.05) is 12.1 Å². The minimum Gasteiger partial charge on any atom is -0.486 e. The molecule has 7 nitrogen and oxygen atoms in total. The number of rotatable bonds is 5. The third-order valence-electron chi connectivity index (χ3n) is 3.74. The molecule has 28 heavy (non-hydrogen) atoms. The van der Waals surface area contributed by atoms with Crippen LogP contribution in [-0.2, 0) is 6.54 Å². The Balaban J connectivity index is 1.54. The highest BCUT2D eigenvalue weighted by Gasteiger charge is 2.28. The van der Waals surface area contributed by atoms with E-state index in [9.17, 15) is 18.0 Å². The fraction of sp³-hybridized carbons (Fsp3) is 0.333. The van der Waals surface area contributed by atoms with E-state index >= 15 is 0 Å². The molecule has 0 aliphatic carbocycles. The smallest absolute Gasteiger partial charge is 0.422 e. The SMILES string of the molecule is CN(Cc1ccc2c(c1)OCCO2)C(=O)Nc1ccc(OCC(F)(F)F)nc1. The molecule has 0 radical (unpaired) electrons. The van der Waals surface area contributed by atoms with Crippen LogP contribution in [0.15, 0.2) is 36.5 Å². The maximum atomic E-state index is 12.3. The molecular formula is C18H18F3N3O4. The van der Waals surface area contributed by atoms with Gasteiger partial charge in [-0.15, -0.1) is 0 Å². The number of nitrogens with zero attached hydrogens (tertiary/aromatic N) is 2. The second kappa shape index (κ2) is 8.24. The van der Waals surface area contributed by atoms with Gasteiger partial charge in [-0.1, -0.05) is 6.07 Å². The van der Waals surface area contributed by atoms with Crippen molar-refractivity contribution in [3.8, 4) is 17.4 Å². The Bertz CT molecular complexity index is 828. The number of benzene rings is 1. The van der Waals surface area contributed by atoms with Gasteiger partial charge in [0, 0.05) is 19.7 Å². The predicted molar refractivity (Wildman–Crippen MR) is 93.7 cm³/mol. The van der Waals surface area contributed by atoms with E-state index in [0.717, 1.165) is 5.56 Å². The largest absolute Gasteiger partial charge is 0.486 e. The van der Waals surface area contributed by atoms with Gasteiger partial charge in [-0.2, -0.15) is 13.2 Å². The Morgan fingerprint density at radius 2 is 1.96 bits per heavy atom. The fourth-order valence-corrected chi connectivity index (χ4v) is 2.45. The Kier molecular flexibility index (Phi) is 5.76. The molecule has 0 fully saturated rings. The van der Waals surface area contributed by atoms with Gasteiger partial charge in [-0.05, 0) is 23.8 Å². The van der Waals surface area contributed by atoms with Crippen LogP contribution < -0.4 is 19.5 Å². The van der Waals surface area contributed by atoms with E-state index < -0.39 is 18.8 Å². The van der Waals surface area contributed by atoms with Gasteiger partial charge in [0.15, 0.2) is 18.1 Å². The predicted octanol–water partition coefficient (Wildman–Crippen LogP) is 3.46. The highest BCUT2D eigenvalue weighted by Crippen LogP contribution is 2.31. The van der Waals surface area contributed by atoms with Crippen LogP contribution in [0, 0.1) is 0 Å². The summed E-state index contributed by atoms with van der Waals surface area (Å²) in [5, 5.41) is 2.61. The first kappa shape index (κ1) is 19.6. The topological polar surface area (TPSA) is 72.9 Å². The normalized spacial score (nSPS) is 13.0. The molecule has 0 saturated heterocycles. The van der Waals surface area contributed by atoms with Gasteiger partial charge >= 0.3 is 12.2 Å². The molecule has 2 heterocycles. The molecule has 3 rings (SSSR count). The van der Waals surface area contributed by atoms with Crippen LogP contribution in [0.1, 0.15) is 5.56 Å². The second-order valence-corrected chi connectivity index (χ2v) is 6.05. The lowest BCUT2D eigenvalue weighted by Crippen LogP contribution is -2.31. The van der Waals surface area contributed by atoms with Gasteiger partial charge in [0.25, 0.3) is 0 Å². The molecule has 0 atom stereocenters. The van der Waals surface area contributed by atoms with Crippen LogP contribution in [0.3, 0.4) is 0 Å². The first-order valence-electron chi connectivity index (χ1n) is 8.36. The van der Waals surface area contributed by atoms with Crippen molar-refractivity contribution in [2.45, 2.75) is 12.7 Å². The molecule has 1 N–H and O–H groups in total. The van der Waals surface area contributed by atoms with Crippen molar-refractivity contribution in [1.29, 1.82) is 0 Å². The quantitative estimate of drug-likeness (QED) is 0.837. The Morgan fingerprint density at radius 3 is 2.64 bits per heavy atom. The summed E-state index contributed by atoms with van der Waals surface area (Å²) in [4.78, 5) is 17.5. The standard InChI is InChI=1S/C18H18F3N3O4/c1-24(10-12-2-4-14-15(8-12)27-7-6-26-14)17(25)23-13-3-5-16(22-9-13)28-11-18(19,20)21/h2-5,8-9H,6-7,10-11H2,1H3,(H,23,25). The van der Waals surface area contributed by atoms with Crippen molar-refractivity contribution >= 4 is 11.7 Å². The number of halogens is 3. The highest BCUT2D eigenvalue weighted by atomic mass is 19.4. The molecular weight excluding hydrogens is 379 g/mol. The minimum atomic E-state index is -4.44. The van der Waals surface area contributed by atoms with Crippen LogP contribution >= 0.6 is 0 Å². The minimum absolute atomic E-state index is 0.181. The monoisotopic (exact) mass is 397 g/mol. The van der Waals surface area contributed by atoms with Crippen LogP contribution in [0.4, 0.5) is 23.7 Å². The van der Waals surface area contributed by atoms with E-state index in [1.165, 1.54) is 23.2 Å². The molecule has 1 aromatic heterocycles. The summed E-state index contributed by atoms with van der Waals surface area (Å²) in [6.45, 7) is -0.127. The first-order valence-corrected chi connectivity index (χ1v) is 8.36. The lowest BCUT2D eigenvalue weighted by atomic mass is 10.2. The number of hydrogen-bond acceptors (Lipinski definition) is 5. The number of nitrogens with one attached hydrogen (secondary N) is 1. The number of amides is 2. The second-order valence-electron chi connectivity index (χ2n) is 6.05. The van der Waals surface area contributed by atoms with Gasteiger partial charge < -0.3 is 24.4 Å². The summed E-state index contributed by atoms with van der Waals surface area (Å²) >= 11 is 0. The maximum Gasteiger partial charge on any atom is 0.422 e. The van der Waals surface area contributed by atoms with Crippen LogP contribution in [0.25, 0.3) is 0 Å². The number of pyridine rings is 1. The van der Waals surface area contributed by atoms with E-state index in [2.05, 4.69) is 15.0 Å². The summed E-state index contributed by atoms with van der Waals surface area (Å²) in [5.41, 5.74) is 1.19. The number of carbonyl (C=O) groups is 1. The van der Waals surface area contributed by atoms with E-state index in [1.54, 1.807) is 13.1 Å². The van der Waals surface area contributed by atoms with Gasteiger partial charge in [0.1, 0.15) is 13.2 Å².